The van der Waals surface area contributed by atoms with Gasteiger partial charge in [0.1, 0.15) is 0 Å². The van der Waals surface area contributed by atoms with Crippen LogP contribution in [0.5, 0.6) is 11.5 Å². The number of phenolic OH excluding ortho intramolecular Hbond substituents is 1. The lowest BCUT2D eigenvalue weighted by Crippen LogP contribution is -1.96. The number of aromatic hydroxyl groups is 1. The molecule has 2 rings (SSSR count). The molecule has 1 aromatic carbocycles. The number of rotatable bonds is 8. The SMILES string of the molecule is C=CCc1ccc(O)c(OC)c1.CCC=CCC(=O)OC.CCc1nccnc1CC. The molecule has 170 valence electrons. The van der Waals surface area contributed by atoms with Crippen LogP contribution in [0, 0.1) is 0 Å². The summed E-state index contributed by atoms with van der Waals surface area (Å²) < 4.78 is 9.35. The molecule has 0 amide bonds. The van der Waals surface area contributed by atoms with Crippen molar-refractivity contribution < 1.29 is 19.4 Å². The Balaban J connectivity index is 0.000000441. The minimum Gasteiger partial charge on any atom is -0.504 e. The molecule has 1 aromatic heterocycles. The van der Waals surface area contributed by atoms with Gasteiger partial charge in [0.25, 0.3) is 0 Å². The summed E-state index contributed by atoms with van der Waals surface area (Å²) in [4.78, 5) is 18.8. The molecule has 6 nitrogen and oxygen atoms in total. The predicted molar refractivity (Wildman–Crippen MR) is 125 cm³/mol. The van der Waals surface area contributed by atoms with Gasteiger partial charge in [-0.15, -0.1) is 6.58 Å². The van der Waals surface area contributed by atoms with E-state index in [0.29, 0.717) is 12.2 Å². The normalized spacial score (nSPS) is 9.71. The second kappa shape index (κ2) is 17.7. The highest BCUT2D eigenvalue weighted by molar-refractivity contribution is 5.70. The first-order valence-electron chi connectivity index (χ1n) is 10.4. The molecule has 0 radical (unpaired) electrons. The molecule has 0 aliphatic rings. The molecular weight excluding hydrogens is 392 g/mol. The maximum absolute atomic E-state index is 10.4. The zero-order chi connectivity index (χ0) is 23.5. The van der Waals surface area contributed by atoms with Crippen LogP contribution in [0.25, 0.3) is 0 Å². The summed E-state index contributed by atoms with van der Waals surface area (Å²) in [7, 11) is 2.93. The van der Waals surface area contributed by atoms with Crippen molar-refractivity contribution in [2.45, 2.75) is 52.9 Å². The second-order valence-electron chi connectivity index (χ2n) is 6.32. The topological polar surface area (TPSA) is 81.5 Å². The number of nitrogens with zero attached hydrogens (tertiary/aromatic N) is 2. The van der Waals surface area contributed by atoms with Gasteiger partial charge >= 0.3 is 5.97 Å². The van der Waals surface area contributed by atoms with Crippen molar-refractivity contribution >= 4 is 5.97 Å². The van der Waals surface area contributed by atoms with Crippen molar-refractivity contribution in [3.8, 4) is 11.5 Å². The van der Waals surface area contributed by atoms with E-state index in [1.165, 1.54) is 14.2 Å². The van der Waals surface area contributed by atoms with E-state index in [0.717, 1.165) is 42.6 Å². The van der Waals surface area contributed by atoms with Gasteiger partial charge in [0.2, 0.25) is 0 Å². The van der Waals surface area contributed by atoms with E-state index in [4.69, 9.17) is 4.74 Å². The van der Waals surface area contributed by atoms with Gasteiger partial charge in [-0.25, -0.2) is 0 Å². The number of ether oxygens (including phenoxy) is 2. The fourth-order valence-electron chi connectivity index (χ4n) is 2.43. The molecule has 0 atom stereocenters. The molecule has 0 aliphatic heterocycles. The lowest BCUT2D eigenvalue weighted by Gasteiger charge is -2.04. The average molecular weight is 429 g/mol. The van der Waals surface area contributed by atoms with Crippen LogP contribution < -0.4 is 4.74 Å². The highest BCUT2D eigenvalue weighted by Crippen LogP contribution is 2.26. The van der Waals surface area contributed by atoms with Crippen LogP contribution in [0.1, 0.15) is 50.6 Å². The Labute approximate surface area is 186 Å². The summed E-state index contributed by atoms with van der Waals surface area (Å²) in [6.07, 6.45) is 13.2. The quantitative estimate of drug-likeness (QED) is 0.457. The van der Waals surface area contributed by atoms with Gasteiger partial charge in [-0.05, 0) is 43.4 Å². The maximum atomic E-state index is 10.4. The smallest absolute Gasteiger partial charge is 0.309 e. The molecule has 0 fully saturated rings. The number of aryl methyl sites for hydroxylation is 2. The first kappa shape index (κ1) is 27.8. The molecule has 0 unspecified atom stereocenters. The molecular formula is C25H36N2O4. The standard InChI is InChI=1S/C10H12O2.C8H12N2.C7H12O2/c1-3-4-8-5-6-9(11)10(7-8)12-2;1-3-7-8(4-2)10-6-5-9-7;1-3-4-5-6-7(8)9-2/h3,5-7,11H,1,4H2,2H3;5-6H,3-4H2,1-2H3;4-5H,3,6H2,1-2H3. The van der Waals surface area contributed by atoms with E-state index in [1.807, 2.05) is 31.2 Å². The van der Waals surface area contributed by atoms with Crippen LogP contribution in [-0.2, 0) is 28.8 Å². The zero-order valence-electron chi connectivity index (χ0n) is 19.4. The van der Waals surface area contributed by atoms with E-state index in [2.05, 4.69) is 35.1 Å². The lowest BCUT2D eigenvalue weighted by atomic mass is 10.1. The maximum Gasteiger partial charge on any atom is 0.309 e. The van der Waals surface area contributed by atoms with E-state index in [-0.39, 0.29) is 11.7 Å². The number of allylic oxidation sites excluding steroid dienone is 2. The third-order valence-electron chi connectivity index (χ3n) is 4.07. The number of aromatic nitrogens is 2. The number of carbonyl (C=O) groups is 1. The lowest BCUT2D eigenvalue weighted by molar-refractivity contribution is -0.139. The summed E-state index contributed by atoms with van der Waals surface area (Å²) in [6.45, 7) is 9.85. The summed E-state index contributed by atoms with van der Waals surface area (Å²) >= 11 is 0. The summed E-state index contributed by atoms with van der Waals surface area (Å²) in [5.41, 5.74) is 3.34. The molecule has 0 bridgehead atoms. The third-order valence-corrected chi connectivity index (χ3v) is 4.07. The molecule has 2 aromatic rings. The van der Waals surface area contributed by atoms with Gasteiger partial charge in [-0.2, -0.15) is 0 Å². The zero-order valence-corrected chi connectivity index (χ0v) is 19.4. The third kappa shape index (κ3) is 12.2. The van der Waals surface area contributed by atoms with Gasteiger partial charge in [0, 0.05) is 12.4 Å². The van der Waals surface area contributed by atoms with Gasteiger partial charge in [0.05, 0.1) is 32.0 Å². The van der Waals surface area contributed by atoms with E-state index >= 15 is 0 Å². The molecule has 1 heterocycles. The van der Waals surface area contributed by atoms with Gasteiger partial charge in [-0.3, -0.25) is 14.8 Å². The highest BCUT2D eigenvalue weighted by atomic mass is 16.5. The van der Waals surface area contributed by atoms with Crippen molar-refractivity contribution in [3.63, 3.8) is 0 Å². The van der Waals surface area contributed by atoms with Crippen LogP contribution in [-0.4, -0.2) is 35.3 Å². The number of hydrogen-bond acceptors (Lipinski definition) is 6. The summed E-state index contributed by atoms with van der Waals surface area (Å²) in [5.74, 6) is 0.499. The van der Waals surface area contributed by atoms with Crippen molar-refractivity contribution in [2.24, 2.45) is 0 Å². The van der Waals surface area contributed by atoms with Crippen molar-refractivity contribution in [1.29, 1.82) is 0 Å². The van der Waals surface area contributed by atoms with E-state index in [1.54, 1.807) is 24.5 Å². The molecule has 0 saturated heterocycles. The number of phenols is 1. The van der Waals surface area contributed by atoms with Crippen molar-refractivity contribution in [1.82, 2.24) is 9.97 Å². The molecule has 0 spiro atoms. The largest absolute Gasteiger partial charge is 0.504 e. The van der Waals surface area contributed by atoms with Gasteiger partial charge in [0.15, 0.2) is 11.5 Å². The molecule has 0 saturated carbocycles. The highest BCUT2D eigenvalue weighted by Gasteiger charge is 2.00. The molecule has 1 N–H and O–H groups in total. The first-order chi connectivity index (χ1) is 15.0. The van der Waals surface area contributed by atoms with Crippen LogP contribution in [0.2, 0.25) is 0 Å². The minimum absolute atomic E-state index is 0.172. The Morgan fingerprint density at radius 1 is 1.06 bits per heavy atom. The second-order valence-corrected chi connectivity index (χ2v) is 6.32. The number of carbonyl (C=O) groups excluding carboxylic acids is 1. The number of methoxy groups -OCH3 is 2. The first-order valence-corrected chi connectivity index (χ1v) is 10.4. The molecule has 6 heteroatoms. The van der Waals surface area contributed by atoms with E-state index in [9.17, 15) is 9.90 Å². The summed E-state index contributed by atoms with van der Waals surface area (Å²) in [6, 6.07) is 5.27. The monoisotopic (exact) mass is 428 g/mol. The molecule has 0 aliphatic carbocycles. The van der Waals surface area contributed by atoms with Crippen LogP contribution in [0.3, 0.4) is 0 Å². The van der Waals surface area contributed by atoms with Gasteiger partial charge in [-0.1, -0.05) is 45.1 Å². The minimum atomic E-state index is -0.181. The van der Waals surface area contributed by atoms with Crippen molar-refractivity contribution in [2.75, 3.05) is 14.2 Å². The Kier molecular flexibility index (Phi) is 15.9. The Hall–Kier alpha value is -3.15. The van der Waals surface area contributed by atoms with Crippen LogP contribution in [0.15, 0.2) is 55.4 Å². The Bertz CT molecular complexity index is 781. The van der Waals surface area contributed by atoms with Crippen LogP contribution in [0.4, 0.5) is 0 Å². The van der Waals surface area contributed by atoms with Gasteiger partial charge < -0.3 is 14.6 Å². The fraction of sp³-hybridized carbons (Fsp3) is 0.400. The van der Waals surface area contributed by atoms with Crippen LogP contribution >= 0.6 is 0 Å². The summed E-state index contributed by atoms with van der Waals surface area (Å²) in [5, 5.41) is 9.25. The number of benzene rings is 1. The number of hydrogen-bond donors (Lipinski definition) is 1. The molecule has 31 heavy (non-hydrogen) atoms. The van der Waals surface area contributed by atoms with E-state index < -0.39 is 0 Å². The number of esters is 1. The Morgan fingerprint density at radius 3 is 2.13 bits per heavy atom. The Morgan fingerprint density at radius 2 is 1.68 bits per heavy atom. The van der Waals surface area contributed by atoms with Crippen molar-refractivity contribution in [3.05, 3.63) is 72.4 Å². The average Bonchev–Trinajstić information content (AvgIpc) is 2.81. The fourth-order valence-corrected chi connectivity index (χ4v) is 2.43. The predicted octanol–water partition coefficient (Wildman–Crippen LogP) is 5.25.